The Morgan fingerprint density at radius 3 is 2.14 bits per heavy atom. The predicted molar refractivity (Wildman–Crippen MR) is 165 cm³/mol. The zero-order chi connectivity index (χ0) is 31.0. The molecule has 0 aliphatic heterocycles. The molecule has 0 aromatic heterocycles. The molecule has 0 bridgehead atoms. The van der Waals surface area contributed by atoms with E-state index in [4.69, 9.17) is 21.1 Å². The first-order valence-corrected chi connectivity index (χ1v) is 15.4. The Morgan fingerprint density at radius 2 is 1.57 bits per heavy atom. The van der Waals surface area contributed by atoms with E-state index in [0.29, 0.717) is 35.0 Å². The quantitative estimate of drug-likeness (QED) is 0.286. The molecule has 0 spiro atoms. The highest BCUT2D eigenvalue weighted by molar-refractivity contribution is 7.92. The van der Waals surface area contributed by atoms with Gasteiger partial charge in [-0.15, -0.1) is 0 Å². The minimum absolute atomic E-state index is 0.0191. The molecule has 0 aliphatic rings. The van der Waals surface area contributed by atoms with Gasteiger partial charge < -0.3 is 19.7 Å². The fourth-order valence-corrected chi connectivity index (χ4v) is 6.36. The van der Waals surface area contributed by atoms with E-state index in [1.807, 2.05) is 19.9 Å². The second kappa shape index (κ2) is 14.4. The maximum Gasteiger partial charge on any atom is 0.264 e. The summed E-state index contributed by atoms with van der Waals surface area (Å²) in [5, 5.41) is 3.22. The van der Waals surface area contributed by atoms with Crippen LogP contribution in [-0.4, -0.2) is 58.5 Å². The Kier molecular flexibility index (Phi) is 11.2. The van der Waals surface area contributed by atoms with Gasteiger partial charge in [-0.3, -0.25) is 13.9 Å². The topological polar surface area (TPSA) is 105 Å². The number of ether oxygens (including phenoxy) is 2. The molecule has 0 radical (unpaired) electrons. The molecule has 3 aromatic carbocycles. The summed E-state index contributed by atoms with van der Waals surface area (Å²) in [5.74, 6) is -0.297. The average Bonchev–Trinajstić information content (AvgIpc) is 2.95. The molecule has 0 aliphatic carbocycles. The fraction of sp³-hybridized carbons (Fsp3) is 0.355. The van der Waals surface area contributed by atoms with Gasteiger partial charge in [0, 0.05) is 24.2 Å². The number of nitrogens with zero attached hydrogens (tertiary/aromatic N) is 2. The number of rotatable bonds is 13. The molecule has 226 valence electrons. The summed E-state index contributed by atoms with van der Waals surface area (Å²) in [6.45, 7) is 7.14. The van der Waals surface area contributed by atoms with E-state index in [-0.39, 0.29) is 23.1 Å². The van der Waals surface area contributed by atoms with Crippen molar-refractivity contribution in [3.05, 3.63) is 82.4 Å². The van der Waals surface area contributed by atoms with E-state index in [2.05, 4.69) is 5.32 Å². The third kappa shape index (κ3) is 7.54. The number of likely N-dealkylation sites (N-methyl/N-ethyl adjacent to an activating group) is 1. The van der Waals surface area contributed by atoms with Crippen LogP contribution in [-0.2, 0) is 26.2 Å². The number of nitrogens with one attached hydrogen (secondary N) is 1. The molecule has 0 fully saturated rings. The van der Waals surface area contributed by atoms with Gasteiger partial charge in [0.15, 0.2) is 11.5 Å². The molecule has 3 rings (SSSR count). The lowest BCUT2D eigenvalue weighted by molar-refractivity contribution is -0.140. The van der Waals surface area contributed by atoms with E-state index in [1.54, 1.807) is 50.2 Å². The van der Waals surface area contributed by atoms with Crippen molar-refractivity contribution in [2.24, 2.45) is 0 Å². The van der Waals surface area contributed by atoms with Gasteiger partial charge in [0.2, 0.25) is 11.8 Å². The van der Waals surface area contributed by atoms with E-state index in [1.165, 1.54) is 37.3 Å². The fourth-order valence-electron chi connectivity index (χ4n) is 4.75. The van der Waals surface area contributed by atoms with Crippen LogP contribution in [0.25, 0.3) is 0 Å². The van der Waals surface area contributed by atoms with Crippen molar-refractivity contribution >= 4 is 39.1 Å². The SMILES string of the molecule is CCNC(=O)C(CC)N(Cc1ccccc1Cl)C(=O)CN(c1cc(C)cc(C)c1)S(=O)(=O)c1ccc(OC)c(OC)c1. The molecule has 42 heavy (non-hydrogen) atoms. The lowest BCUT2D eigenvalue weighted by Crippen LogP contribution is -2.52. The van der Waals surface area contributed by atoms with Crippen LogP contribution in [0.15, 0.2) is 65.6 Å². The highest BCUT2D eigenvalue weighted by Gasteiger charge is 2.34. The van der Waals surface area contributed by atoms with Gasteiger partial charge in [-0.05, 0) is 74.2 Å². The van der Waals surface area contributed by atoms with Gasteiger partial charge in [-0.2, -0.15) is 0 Å². The van der Waals surface area contributed by atoms with Crippen LogP contribution in [0.1, 0.15) is 37.0 Å². The summed E-state index contributed by atoms with van der Waals surface area (Å²) in [4.78, 5) is 28.6. The summed E-state index contributed by atoms with van der Waals surface area (Å²) in [5.41, 5.74) is 2.61. The highest BCUT2D eigenvalue weighted by atomic mass is 35.5. The van der Waals surface area contributed by atoms with Crippen molar-refractivity contribution in [2.75, 3.05) is 31.6 Å². The molecule has 0 heterocycles. The minimum Gasteiger partial charge on any atom is -0.493 e. The Labute approximate surface area is 253 Å². The molecular weight excluding hydrogens is 578 g/mol. The number of hydrogen-bond donors (Lipinski definition) is 1. The number of carbonyl (C=O) groups is 2. The van der Waals surface area contributed by atoms with E-state index >= 15 is 0 Å². The van der Waals surface area contributed by atoms with Crippen LogP contribution in [0.3, 0.4) is 0 Å². The van der Waals surface area contributed by atoms with Gasteiger partial charge in [-0.1, -0.05) is 42.8 Å². The van der Waals surface area contributed by atoms with Crippen molar-refractivity contribution in [1.29, 1.82) is 0 Å². The zero-order valence-corrected chi connectivity index (χ0v) is 26.4. The smallest absolute Gasteiger partial charge is 0.264 e. The van der Waals surface area contributed by atoms with Crippen molar-refractivity contribution < 1.29 is 27.5 Å². The van der Waals surface area contributed by atoms with E-state index in [9.17, 15) is 18.0 Å². The summed E-state index contributed by atoms with van der Waals surface area (Å²) in [6, 6.07) is 15.8. The number of benzene rings is 3. The normalized spacial score (nSPS) is 11.9. The van der Waals surface area contributed by atoms with Crippen LogP contribution >= 0.6 is 11.6 Å². The highest BCUT2D eigenvalue weighted by Crippen LogP contribution is 2.33. The van der Waals surface area contributed by atoms with E-state index in [0.717, 1.165) is 15.4 Å². The maximum absolute atomic E-state index is 14.2. The standard InChI is InChI=1S/C31H38ClN3O6S/c1-7-27(31(37)33-8-2)34(19-23-11-9-10-12-26(23)32)30(36)20-35(24-16-21(3)15-22(4)17-24)42(38,39)25-13-14-28(40-5)29(18-25)41-6/h9-18,27H,7-8,19-20H2,1-6H3,(H,33,37). The van der Waals surface area contributed by atoms with Gasteiger partial charge in [0.25, 0.3) is 10.0 Å². The molecule has 2 amide bonds. The third-order valence-electron chi connectivity index (χ3n) is 6.75. The number of methoxy groups -OCH3 is 2. The van der Waals surface area contributed by atoms with Crippen LogP contribution in [0.5, 0.6) is 11.5 Å². The molecule has 11 heteroatoms. The number of carbonyl (C=O) groups excluding carboxylic acids is 2. The molecule has 1 N–H and O–H groups in total. The second-order valence-electron chi connectivity index (χ2n) is 9.81. The first-order chi connectivity index (χ1) is 20.0. The van der Waals surface area contributed by atoms with Crippen molar-refractivity contribution in [3.8, 4) is 11.5 Å². The third-order valence-corrected chi connectivity index (χ3v) is 8.89. The number of sulfonamides is 1. The summed E-state index contributed by atoms with van der Waals surface area (Å²) in [7, 11) is -1.42. The van der Waals surface area contributed by atoms with Crippen LogP contribution in [0.4, 0.5) is 5.69 Å². The Bertz CT molecular complexity index is 1510. The maximum atomic E-state index is 14.2. The lowest BCUT2D eigenvalue weighted by atomic mass is 10.1. The largest absolute Gasteiger partial charge is 0.493 e. The number of halogens is 1. The van der Waals surface area contributed by atoms with Gasteiger partial charge >= 0.3 is 0 Å². The van der Waals surface area contributed by atoms with Crippen LogP contribution in [0, 0.1) is 13.8 Å². The van der Waals surface area contributed by atoms with Crippen molar-refractivity contribution in [3.63, 3.8) is 0 Å². The molecule has 9 nitrogen and oxygen atoms in total. The molecule has 1 unspecified atom stereocenters. The number of amides is 2. The van der Waals surface area contributed by atoms with Gasteiger partial charge in [-0.25, -0.2) is 8.42 Å². The Balaban J connectivity index is 2.15. The molecule has 3 aromatic rings. The minimum atomic E-state index is -4.29. The molecular formula is C31H38ClN3O6S. The Morgan fingerprint density at radius 1 is 0.929 bits per heavy atom. The van der Waals surface area contributed by atoms with Gasteiger partial charge in [0.05, 0.1) is 24.8 Å². The second-order valence-corrected chi connectivity index (χ2v) is 12.1. The molecule has 1 atom stereocenters. The lowest BCUT2D eigenvalue weighted by Gasteiger charge is -2.33. The molecule has 0 saturated heterocycles. The number of anilines is 1. The van der Waals surface area contributed by atoms with E-state index < -0.39 is 28.5 Å². The van der Waals surface area contributed by atoms with Gasteiger partial charge in [0.1, 0.15) is 12.6 Å². The summed E-state index contributed by atoms with van der Waals surface area (Å²) in [6.07, 6.45) is 0.313. The first kappa shape index (κ1) is 32.8. The molecule has 0 saturated carbocycles. The average molecular weight is 616 g/mol. The van der Waals surface area contributed by atoms with Crippen molar-refractivity contribution in [1.82, 2.24) is 10.2 Å². The zero-order valence-electron chi connectivity index (χ0n) is 24.8. The number of hydrogen-bond acceptors (Lipinski definition) is 6. The van der Waals surface area contributed by atoms with Crippen molar-refractivity contribution in [2.45, 2.75) is 51.6 Å². The van der Waals surface area contributed by atoms with Crippen LogP contribution in [0.2, 0.25) is 5.02 Å². The monoisotopic (exact) mass is 615 g/mol. The summed E-state index contributed by atoms with van der Waals surface area (Å²) < 4.78 is 40.2. The summed E-state index contributed by atoms with van der Waals surface area (Å²) >= 11 is 6.44. The predicted octanol–water partition coefficient (Wildman–Crippen LogP) is 5.11. The Hall–Kier alpha value is -3.76. The first-order valence-electron chi connectivity index (χ1n) is 13.6. The number of aryl methyl sites for hydroxylation is 2. The van der Waals surface area contributed by atoms with Crippen LogP contribution < -0.4 is 19.1 Å².